The molecule has 2 aliphatic rings. The molecule has 10 nitrogen and oxygen atoms in total. The Bertz CT molecular complexity index is 1640. The number of rotatable bonds is 13. The number of aromatic nitrogens is 4. The summed E-state index contributed by atoms with van der Waals surface area (Å²) in [7, 11) is 3.15. The van der Waals surface area contributed by atoms with Crippen LogP contribution in [0.2, 0.25) is 10.0 Å². The highest BCUT2D eigenvalue weighted by atomic mass is 35.5. The Morgan fingerprint density at radius 1 is 0.688 bits per heavy atom. The maximum absolute atomic E-state index is 9.99. The summed E-state index contributed by atoms with van der Waals surface area (Å²) >= 11 is 14.1. The third kappa shape index (κ3) is 7.59. The van der Waals surface area contributed by atoms with Gasteiger partial charge in [-0.2, -0.15) is 0 Å². The summed E-state index contributed by atoms with van der Waals surface area (Å²) in [6, 6.07) is 11.4. The molecule has 0 saturated heterocycles. The Balaban J connectivity index is 1.19. The summed E-state index contributed by atoms with van der Waals surface area (Å²) in [5.41, 5.74) is 4.32. The number of benzene rings is 2. The minimum atomic E-state index is -0.545. The van der Waals surface area contributed by atoms with Crippen molar-refractivity contribution in [1.82, 2.24) is 30.6 Å². The van der Waals surface area contributed by atoms with Crippen molar-refractivity contribution in [3.63, 3.8) is 0 Å². The van der Waals surface area contributed by atoms with Gasteiger partial charge in [0.25, 0.3) is 0 Å². The number of ether oxygens (including phenoxy) is 2. The molecule has 0 radical (unpaired) electrons. The van der Waals surface area contributed by atoms with Gasteiger partial charge in [-0.1, -0.05) is 59.6 Å². The van der Waals surface area contributed by atoms with Crippen molar-refractivity contribution in [2.75, 3.05) is 27.3 Å². The monoisotopic (exact) mass is 692 g/mol. The zero-order valence-corrected chi connectivity index (χ0v) is 29.2. The third-order valence-electron chi connectivity index (χ3n) is 9.21. The lowest BCUT2D eigenvalue weighted by atomic mass is 9.72. The van der Waals surface area contributed by atoms with E-state index in [4.69, 9.17) is 42.6 Å². The molecule has 0 bridgehead atoms. The fourth-order valence-electron chi connectivity index (χ4n) is 6.94. The van der Waals surface area contributed by atoms with Gasteiger partial charge in [0.1, 0.15) is 11.4 Å². The van der Waals surface area contributed by atoms with Gasteiger partial charge in [0, 0.05) is 35.3 Å². The molecule has 0 aliphatic heterocycles. The van der Waals surface area contributed by atoms with Crippen LogP contribution in [0.1, 0.15) is 50.9 Å². The van der Waals surface area contributed by atoms with E-state index in [0.29, 0.717) is 80.6 Å². The molecule has 48 heavy (non-hydrogen) atoms. The molecule has 2 aromatic heterocycles. The van der Waals surface area contributed by atoms with Gasteiger partial charge in [-0.3, -0.25) is 9.97 Å². The van der Waals surface area contributed by atoms with Crippen molar-refractivity contribution in [1.29, 1.82) is 0 Å². The zero-order valence-electron chi connectivity index (χ0n) is 27.7. The molecule has 0 amide bonds. The highest BCUT2D eigenvalue weighted by Gasteiger charge is 2.38. The number of hydrogen-bond donors (Lipinski definition) is 4. The molecule has 2 heterocycles. The van der Waals surface area contributed by atoms with E-state index >= 15 is 0 Å². The summed E-state index contributed by atoms with van der Waals surface area (Å²) in [6.07, 6.45) is 6.57. The molecule has 6 rings (SSSR count). The highest BCUT2D eigenvalue weighted by molar-refractivity contribution is 6.39. The van der Waals surface area contributed by atoms with Crippen LogP contribution < -0.4 is 20.1 Å². The van der Waals surface area contributed by atoms with Gasteiger partial charge >= 0.3 is 0 Å². The quantitative estimate of drug-likeness (QED) is 0.130. The molecule has 2 fully saturated rings. The van der Waals surface area contributed by atoms with E-state index in [2.05, 4.69) is 20.6 Å². The second-order valence-corrected chi connectivity index (χ2v) is 14.3. The predicted octanol–water partition coefficient (Wildman–Crippen LogP) is 6.09. The van der Waals surface area contributed by atoms with Gasteiger partial charge in [0.2, 0.25) is 11.8 Å². The normalized spacial score (nSPS) is 23.3. The standard InChI is InChI=1S/C36H42Cl2N6O4/c1-35(45)11-21(12-35)15-39-17-29-33(47-3)43-27(19-41-29)25-9-5-7-23(31(25)37)24-8-6-10-26(32(24)38)28-20-42-30(34(44-28)48-4)18-40-16-22-13-36(2,46)14-22/h5-10,19-22,39-40,45-46H,11-18H2,1-4H3/t21-,22-,35+,36+. The molecule has 12 heteroatoms. The molecule has 2 aromatic carbocycles. The van der Waals surface area contributed by atoms with Crippen molar-refractivity contribution < 1.29 is 19.7 Å². The Kier molecular flexibility index (Phi) is 10.2. The van der Waals surface area contributed by atoms with Crippen LogP contribution in [0.15, 0.2) is 48.8 Å². The Morgan fingerprint density at radius 3 is 1.42 bits per heavy atom. The van der Waals surface area contributed by atoms with E-state index in [-0.39, 0.29) is 0 Å². The van der Waals surface area contributed by atoms with Crippen LogP contribution in [0.3, 0.4) is 0 Å². The summed E-state index contributed by atoms with van der Waals surface area (Å²) in [5.74, 6) is 1.74. The molecular weight excluding hydrogens is 651 g/mol. The van der Waals surface area contributed by atoms with Gasteiger partial charge in [-0.25, -0.2) is 9.97 Å². The van der Waals surface area contributed by atoms with Crippen molar-refractivity contribution in [3.8, 4) is 45.4 Å². The molecule has 2 aliphatic carbocycles. The minimum absolute atomic E-state index is 0.421. The van der Waals surface area contributed by atoms with Crippen molar-refractivity contribution in [3.05, 3.63) is 70.2 Å². The summed E-state index contributed by atoms with van der Waals surface area (Å²) in [5, 5.41) is 27.8. The van der Waals surface area contributed by atoms with Gasteiger partial charge in [0.05, 0.1) is 59.2 Å². The molecule has 4 aromatic rings. The van der Waals surface area contributed by atoms with Crippen LogP contribution in [0.25, 0.3) is 33.6 Å². The third-order valence-corrected chi connectivity index (χ3v) is 10.0. The molecule has 0 atom stereocenters. The fraction of sp³-hybridized carbons (Fsp3) is 0.444. The van der Waals surface area contributed by atoms with Crippen LogP contribution in [-0.2, 0) is 13.1 Å². The highest BCUT2D eigenvalue weighted by Crippen LogP contribution is 2.42. The lowest BCUT2D eigenvalue weighted by molar-refractivity contribution is -0.0565. The van der Waals surface area contributed by atoms with Gasteiger partial charge < -0.3 is 30.3 Å². The number of nitrogens with zero attached hydrogens (tertiary/aromatic N) is 4. The number of nitrogens with one attached hydrogen (secondary N) is 2. The number of halogens is 2. The van der Waals surface area contributed by atoms with Crippen molar-refractivity contribution in [2.24, 2.45) is 11.8 Å². The van der Waals surface area contributed by atoms with E-state index in [1.165, 1.54) is 0 Å². The number of methoxy groups -OCH3 is 2. The van der Waals surface area contributed by atoms with Crippen LogP contribution in [-0.4, -0.2) is 68.7 Å². The summed E-state index contributed by atoms with van der Waals surface area (Å²) < 4.78 is 11.2. The van der Waals surface area contributed by atoms with Crippen LogP contribution >= 0.6 is 23.2 Å². The summed E-state index contributed by atoms with van der Waals surface area (Å²) in [4.78, 5) is 18.8. The molecule has 254 valence electrons. The molecule has 0 spiro atoms. The first kappa shape index (κ1) is 34.5. The second kappa shape index (κ2) is 14.2. The Morgan fingerprint density at radius 2 is 1.06 bits per heavy atom. The summed E-state index contributed by atoms with van der Waals surface area (Å²) in [6.45, 7) is 6.33. The van der Waals surface area contributed by atoms with E-state index in [0.717, 1.165) is 49.9 Å². The minimum Gasteiger partial charge on any atom is -0.480 e. The van der Waals surface area contributed by atoms with Crippen LogP contribution in [0.4, 0.5) is 0 Å². The van der Waals surface area contributed by atoms with Crippen LogP contribution in [0, 0.1) is 11.8 Å². The Hall–Kier alpha value is -3.38. The number of aliphatic hydroxyl groups is 2. The van der Waals surface area contributed by atoms with Crippen molar-refractivity contribution >= 4 is 23.2 Å². The van der Waals surface area contributed by atoms with E-state index in [1.54, 1.807) is 26.6 Å². The predicted molar refractivity (Wildman–Crippen MR) is 187 cm³/mol. The van der Waals surface area contributed by atoms with E-state index < -0.39 is 11.2 Å². The maximum Gasteiger partial charge on any atom is 0.237 e. The van der Waals surface area contributed by atoms with Gasteiger partial charge in [0.15, 0.2) is 0 Å². The molecule has 2 saturated carbocycles. The lowest BCUT2D eigenvalue weighted by Gasteiger charge is -2.41. The maximum atomic E-state index is 9.99. The molecule has 0 unspecified atom stereocenters. The SMILES string of the molecule is COc1nc(-c2cccc(-c3cccc(-c4cnc(CNC[C@H]5C[C@@](C)(O)C5)c(OC)n4)c3Cl)c2Cl)cnc1CNC[C@H]1C[C@@](C)(O)C1. The average Bonchev–Trinajstić information content (AvgIpc) is 3.03. The average molecular weight is 694 g/mol. The molecule has 4 N–H and O–H groups in total. The van der Waals surface area contributed by atoms with E-state index in [9.17, 15) is 10.2 Å². The largest absolute Gasteiger partial charge is 0.480 e. The van der Waals surface area contributed by atoms with Gasteiger partial charge in [-0.15, -0.1) is 0 Å². The fourth-order valence-corrected chi connectivity index (χ4v) is 7.59. The van der Waals surface area contributed by atoms with Crippen molar-refractivity contribution in [2.45, 2.75) is 63.8 Å². The first-order chi connectivity index (χ1) is 23.0. The number of hydrogen-bond acceptors (Lipinski definition) is 10. The smallest absolute Gasteiger partial charge is 0.237 e. The topological polar surface area (TPSA) is 135 Å². The first-order valence-electron chi connectivity index (χ1n) is 16.2. The zero-order chi connectivity index (χ0) is 34.1. The molecular formula is C36H42Cl2N6O4. The van der Waals surface area contributed by atoms with E-state index in [1.807, 2.05) is 50.2 Å². The Labute approximate surface area is 291 Å². The van der Waals surface area contributed by atoms with Gasteiger partial charge in [-0.05, 0) is 64.5 Å². The van der Waals surface area contributed by atoms with Crippen LogP contribution in [0.5, 0.6) is 11.8 Å². The lowest BCUT2D eigenvalue weighted by Crippen LogP contribution is -2.44. The first-order valence-corrected chi connectivity index (χ1v) is 17.0. The second-order valence-electron chi connectivity index (χ2n) is 13.6.